The molecular formula is C27H48O2. The molecule has 0 aromatic rings. The standard InChI is InChI=1S/C27H48O2/c1-17(2)6-11-25(29)18(3)22-9-10-23-21-8-7-19-16-20(28)12-14-26(19,4)24(21)13-15-27(22,23)5/h17-25,28-29H,6-16H2,1-5H3/t18-,19-,20-,21-,22+,23-,24-,25-,26-,27+/m0/s1. The van der Waals surface area contributed by atoms with Crippen LogP contribution < -0.4 is 0 Å². The summed E-state index contributed by atoms with van der Waals surface area (Å²) in [5, 5.41) is 21.2. The van der Waals surface area contributed by atoms with Gasteiger partial charge in [-0.1, -0.05) is 34.6 Å². The maximum absolute atomic E-state index is 11.0. The van der Waals surface area contributed by atoms with E-state index in [9.17, 15) is 10.2 Å². The highest BCUT2D eigenvalue weighted by Crippen LogP contribution is 2.68. The van der Waals surface area contributed by atoms with Crippen molar-refractivity contribution in [3.8, 4) is 0 Å². The number of hydrogen-bond acceptors (Lipinski definition) is 2. The SMILES string of the molecule is CC(C)CC[C@H](O)[C@@H](C)[C@H]1CC[C@H]2[C@@H]3CC[C@H]4C[C@@H](O)CC[C@]4(C)[C@H]3CC[C@]12C. The molecule has 168 valence electrons. The summed E-state index contributed by atoms with van der Waals surface area (Å²) in [7, 11) is 0. The van der Waals surface area contributed by atoms with Crippen LogP contribution in [0.25, 0.3) is 0 Å². The molecule has 0 bridgehead atoms. The molecule has 4 aliphatic rings. The summed E-state index contributed by atoms with van der Waals surface area (Å²) in [6.07, 6.45) is 13.5. The number of aliphatic hydroxyl groups is 2. The first-order valence-electron chi connectivity index (χ1n) is 13.0. The summed E-state index contributed by atoms with van der Waals surface area (Å²) in [6, 6.07) is 0. The lowest BCUT2D eigenvalue weighted by atomic mass is 9.44. The molecule has 0 aliphatic heterocycles. The summed E-state index contributed by atoms with van der Waals surface area (Å²) in [6.45, 7) is 12.1. The molecule has 0 aromatic heterocycles. The van der Waals surface area contributed by atoms with Crippen molar-refractivity contribution in [3.05, 3.63) is 0 Å². The van der Waals surface area contributed by atoms with E-state index in [1.165, 1.54) is 44.9 Å². The number of aliphatic hydroxyl groups excluding tert-OH is 2. The van der Waals surface area contributed by atoms with Crippen LogP contribution >= 0.6 is 0 Å². The monoisotopic (exact) mass is 404 g/mol. The first kappa shape index (κ1) is 22.1. The van der Waals surface area contributed by atoms with Crippen LogP contribution in [0.15, 0.2) is 0 Å². The molecule has 2 heteroatoms. The van der Waals surface area contributed by atoms with Crippen LogP contribution in [0.4, 0.5) is 0 Å². The zero-order chi connectivity index (χ0) is 21.0. The Morgan fingerprint density at radius 3 is 2.24 bits per heavy atom. The second kappa shape index (κ2) is 8.12. The van der Waals surface area contributed by atoms with Gasteiger partial charge in [-0.2, -0.15) is 0 Å². The van der Waals surface area contributed by atoms with Crippen LogP contribution in [0.2, 0.25) is 0 Å². The van der Waals surface area contributed by atoms with Gasteiger partial charge in [0.1, 0.15) is 0 Å². The molecular weight excluding hydrogens is 356 g/mol. The molecule has 2 N–H and O–H groups in total. The van der Waals surface area contributed by atoms with Crippen molar-refractivity contribution in [2.24, 2.45) is 52.3 Å². The molecule has 0 aromatic carbocycles. The van der Waals surface area contributed by atoms with Crippen LogP contribution in [0.1, 0.15) is 105 Å². The lowest BCUT2D eigenvalue weighted by molar-refractivity contribution is -0.132. The Kier molecular flexibility index (Phi) is 6.19. The molecule has 4 saturated carbocycles. The lowest BCUT2D eigenvalue weighted by Gasteiger charge is -2.61. The van der Waals surface area contributed by atoms with Gasteiger partial charge in [0, 0.05) is 0 Å². The van der Waals surface area contributed by atoms with E-state index in [4.69, 9.17) is 0 Å². The molecule has 0 radical (unpaired) electrons. The van der Waals surface area contributed by atoms with Crippen LogP contribution in [0, 0.1) is 52.3 Å². The molecule has 0 spiro atoms. The minimum Gasteiger partial charge on any atom is -0.393 e. The molecule has 4 aliphatic carbocycles. The first-order valence-corrected chi connectivity index (χ1v) is 13.0. The van der Waals surface area contributed by atoms with Gasteiger partial charge in [0.25, 0.3) is 0 Å². The van der Waals surface area contributed by atoms with E-state index < -0.39 is 0 Å². The highest BCUT2D eigenvalue weighted by molar-refractivity contribution is 5.10. The van der Waals surface area contributed by atoms with Gasteiger partial charge >= 0.3 is 0 Å². The van der Waals surface area contributed by atoms with Crippen LogP contribution in [0.5, 0.6) is 0 Å². The Balaban J connectivity index is 1.48. The highest BCUT2D eigenvalue weighted by Gasteiger charge is 2.60. The van der Waals surface area contributed by atoms with Crippen LogP contribution in [-0.4, -0.2) is 22.4 Å². The Morgan fingerprint density at radius 2 is 1.52 bits per heavy atom. The van der Waals surface area contributed by atoms with Gasteiger partial charge in [0.05, 0.1) is 12.2 Å². The fourth-order valence-electron chi connectivity index (χ4n) is 9.17. The molecule has 10 atom stereocenters. The molecule has 0 heterocycles. The van der Waals surface area contributed by atoms with E-state index in [2.05, 4.69) is 34.6 Å². The number of rotatable bonds is 5. The van der Waals surface area contributed by atoms with E-state index in [0.29, 0.717) is 28.6 Å². The van der Waals surface area contributed by atoms with Crippen molar-refractivity contribution < 1.29 is 10.2 Å². The fourth-order valence-corrected chi connectivity index (χ4v) is 9.17. The average molecular weight is 405 g/mol. The van der Waals surface area contributed by atoms with Crippen molar-refractivity contribution in [3.63, 3.8) is 0 Å². The van der Waals surface area contributed by atoms with E-state index in [1.54, 1.807) is 0 Å². The lowest BCUT2D eigenvalue weighted by Crippen LogP contribution is -2.54. The minimum atomic E-state index is -0.121. The first-order chi connectivity index (χ1) is 13.7. The number of fused-ring (bicyclic) bond motifs is 5. The van der Waals surface area contributed by atoms with Crippen molar-refractivity contribution in [1.29, 1.82) is 0 Å². The molecule has 4 fully saturated rings. The summed E-state index contributed by atoms with van der Waals surface area (Å²) >= 11 is 0. The van der Waals surface area contributed by atoms with E-state index in [0.717, 1.165) is 49.4 Å². The van der Waals surface area contributed by atoms with Crippen molar-refractivity contribution >= 4 is 0 Å². The second-order valence-corrected chi connectivity index (χ2v) is 12.7. The predicted molar refractivity (Wildman–Crippen MR) is 120 cm³/mol. The van der Waals surface area contributed by atoms with Gasteiger partial charge in [0.2, 0.25) is 0 Å². The zero-order valence-corrected chi connectivity index (χ0v) is 19.9. The van der Waals surface area contributed by atoms with Gasteiger partial charge in [-0.3, -0.25) is 0 Å². The molecule has 2 nitrogen and oxygen atoms in total. The highest BCUT2D eigenvalue weighted by atomic mass is 16.3. The topological polar surface area (TPSA) is 40.5 Å². The predicted octanol–water partition coefficient (Wildman–Crippen LogP) is 6.44. The maximum atomic E-state index is 11.0. The quantitative estimate of drug-likeness (QED) is 0.553. The summed E-state index contributed by atoms with van der Waals surface area (Å²) in [5.41, 5.74) is 0.917. The molecule has 29 heavy (non-hydrogen) atoms. The second-order valence-electron chi connectivity index (χ2n) is 12.7. The van der Waals surface area contributed by atoms with Crippen molar-refractivity contribution in [2.45, 2.75) is 117 Å². The van der Waals surface area contributed by atoms with Crippen LogP contribution in [0.3, 0.4) is 0 Å². The van der Waals surface area contributed by atoms with E-state index in [1.807, 2.05) is 0 Å². The molecule has 4 rings (SSSR count). The smallest absolute Gasteiger partial charge is 0.0568 e. The summed E-state index contributed by atoms with van der Waals surface area (Å²) in [4.78, 5) is 0. The molecule has 0 amide bonds. The summed E-state index contributed by atoms with van der Waals surface area (Å²) in [5.74, 6) is 5.24. The third-order valence-corrected chi connectivity index (χ3v) is 11.0. The minimum absolute atomic E-state index is 0.0393. The van der Waals surface area contributed by atoms with E-state index in [-0.39, 0.29) is 12.2 Å². The Hall–Kier alpha value is -0.0800. The Morgan fingerprint density at radius 1 is 0.828 bits per heavy atom. The van der Waals surface area contributed by atoms with Gasteiger partial charge < -0.3 is 10.2 Å². The third-order valence-electron chi connectivity index (χ3n) is 11.0. The van der Waals surface area contributed by atoms with Crippen molar-refractivity contribution in [2.75, 3.05) is 0 Å². The number of hydrogen-bond donors (Lipinski definition) is 2. The van der Waals surface area contributed by atoms with E-state index >= 15 is 0 Å². The largest absolute Gasteiger partial charge is 0.393 e. The van der Waals surface area contributed by atoms with Gasteiger partial charge in [-0.25, -0.2) is 0 Å². The third kappa shape index (κ3) is 3.73. The molecule has 0 saturated heterocycles. The zero-order valence-electron chi connectivity index (χ0n) is 19.9. The van der Waals surface area contributed by atoms with Crippen LogP contribution in [-0.2, 0) is 0 Å². The van der Waals surface area contributed by atoms with Gasteiger partial charge in [0.15, 0.2) is 0 Å². The molecule has 0 unspecified atom stereocenters. The van der Waals surface area contributed by atoms with Crippen molar-refractivity contribution in [1.82, 2.24) is 0 Å². The Labute approximate surface area is 180 Å². The van der Waals surface area contributed by atoms with Gasteiger partial charge in [-0.05, 0) is 123 Å². The average Bonchev–Trinajstić information content (AvgIpc) is 3.03. The summed E-state index contributed by atoms with van der Waals surface area (Å²) < 4.78 is 0. The normalized spacial score (nSPS) is 49.2. The van der Waals surface area contributed by atoms with Gasteiger partial charge in [-0.15, -0.1) is 0 Å². The Bertz CT molecular complexity index is 573. The fraction of sp³-hybridized carbons (Fsp3) is 1.00. The maximum Gasteiger partial charge on any atom is 0.0568 e.